The van der Waals surface area contributed by atoms with E-state index in [0.29, 0.717) is 0 Å². The largest absolute Gasteiger partial charge is 0.0795 e. The molecule has 0 amide bonds. The molecule has 0 aliphatic heterocycles. The van der Waals surface area contributed by atoms with Crippen molar-refractivity contribution in [3.05, 3.63) is 41.0 Å². The van der Waals surface area contributed by atoms with Crippen molar-refractivity contribution < 1.29 is 0 Å². The summed E-state index contributed by atoms with van der Waals surface area (Å²) in [7, 11) is 0. The van der Waals surface area contributed by atoms with Gasteiger partial charge >= 0.3 is 0 Å². The molecule has 0 atom stereocenters. The van der Waals surface area contributed by atoms with Crippen LogP contribution in [0.15, 0.2) is 24.3 Å². The summed E-state index contributed by atoms with van der Waals surface area (Å²) in [5.74, 6) is 0. The lowest BCUT2D eigenvalue weighted by molar-refractivity contribution is 0.590. The Hall–Kier alpha value is -1.04. The molecule has 0 heterocycles. The van der Waals surface area contributed by atoms with Crippen molar-refractivity contribution in [1.29, 1.82) is 0 Å². The van der Waals surface area contributed by atoms with Gasteiger partial charge in [0.05, 0.1) is 0 Å². The number of allylic oxidation sites excluding steroid dienone is 1. The zero-order valence-electron chi connectivity index (χ0n) is 10.6. The van der Waals surface area contributed by atoms with Crippen molar-refractivity contribution in [2.24, 2.45) is 0 Å². The quantitative estimate of drug-likeness (QED) is 0.577. The molecule has 0 bridgehead atoms. The highest BCUT2D eigenvalue weighted by Gasteiger charge is 2.15. The number of hydrogen-bond donors (Lipinski definition) is 0. The van der Waals surface area contributed by atoms with E-state index in [2.05, 4.69) is 51.1 Å². The van der Waals surface area contributed by atoms with Crippen LogP contribution in [0.25, 0.3) is 6.08 Å². The van der Waals surface area contributed by atoms with E-state index >= 15 is 0 Å². The molecule has 0 unspecified atom stereocenters. The maximum Gasteiger partial charge on any atom is -0.00882 e. The minimum absolute atomic E-state index is 0.269. The second kappa shape index (κ2) is 4.65. The van der Waals surface area contributed by atoms with Gasteiger partial charge in [0, 0.05) is 0 Å². The Morgan fingerprint density at radius 3 is 2.33 bits per heavy atom. The second-order valence-corrected chi connectivity index (χ2v) is 4.77. The van der Waals surface area contributed by atoms with Crippen molar-refractivity contribution >= 4 is 6.08 Å². The van der Waals surface area contributed by atoms with E-state index in [9.17, 15) is 0 Å². The fourth-order valence-electron chi connectivity index (χ4n) is 1.72. The van der Waals surface area contributed by atoms with Gasteiger partial charge in [-0.3, -0.25) is 0 Å². The van der Waals surface area contributed by atoms with Crippen molar-refractivity contribution in [3.63, 3.8) is 0 Å². The Labute approximate surface area is 94.0 Å². The first-order valence-corrected chi connectivity index (χ1v) is 5.87. The third-order valence-electron chi connectivity index (χ3n) is 2.65. The number of fused-ring (bicyclic) bond motifs is 1. The molecule has 1 aromatic rings. The van der Waals surface area contributed by atoms with E-state index in [1.807, 2.05) is 13.8 Å². The molecular formula is C15H22. The van der Waals surface area contributed by atoms with Gasteiger partial charge in [0.2, 0.25) is 0 Å². The average molecular weight is 202 g/mol. The first-order chi connectivity index (χ1) is 7.07. The second-order valence-electron chi connectivity index (χ2n) is 4.77. The molecule has 0 aromatic heterocycles. The summed E-state index contributed by atoms with van der Waals surface area (Å²) >= 11 is 0. The maximum atomic E-state index is 2.32. The van der Waals surface area contributed by atoms with Crippen molar-refractivity contribution in [3.8, 4) is 0 Å². The molecule has 1 aliphatic carbocycles. The Balaban J connectivity index is 0.000000531. The molecule has 0 spiro atoms. The van der Waals surface area contributed by atoms with Gasteiger partial charge in [0.15, 0.2) is 0 Å². The Morgan fingerprint density at radius 1 is 1.07 bits per heavy atom. The number of benzene rings is 1. The van der Waals surface area contributed by atoms with E-state index in [4.69, 9.17) is 0 Å². The molecule has 0 saturated heterocycles. The normalized spacial score (nSPS) is 13.1. The zero-order valence-corrected chi connectivity index (χ0v) is 10.6. The summed E-state index contributed by atoms with van der Waals surface area (Å²) in [6, 6.07) is 6.83. The van der Waals surface area contributed by atoms with Gasteiger partial charge in [-0.25, -0.2) is 0 Å². The third kappa shape index (κ3) is 2.71. The first kappa shape index (κ1) is 12.0. The van der Waals surface area contributed by atoms with Crippen LogP contribution >= 0.6 is 0 Å². The van der Waals surface area contributed by atoms with Crippen molar-refractivity contribution in [1.82, 2.24) is 0 Å². The summed E-state index contributed by atoms with van der Waals surface area (Å²) in [4.78, 5) is 0. The molecule has 0 radical (unpaired) electrons. The van der Waals surface area contributed by atoms with Gasteiger partial charge in [0.25, 0.3) is 0 Å². The average Bonchev–Trinajstić information content (AvgIpc) is 2.66. The van der Waals surface area contributed by atoms with Crippen LogP contribution in [0.3, 0.4) is 0 Å². The van der Waals surface area contributed by atoms with Crippen molar-refractivity contribution in [2.45, 2.75) is 46.5 Å². The lowest BCUT2D eigenvalue weighted by atomic mass is 9.85. The standard InChI is InChI=1S/C13H16.C2H6/c1-13(2,3)12-8-7-10-5-4-6-11(10)9-12;1-2/h4,6-9H,5H2,1-3H3;1-2H3. The summed E-state index contributed by atoms with van der Waals surface area (Å²) < 4.78 is 0. The lowest BCUT2D eigenvalue weighted by Crippen LogP contribution is -2.11. The molecule has 0 saturated carbocycles. The number of rotatable bonds is 0. The molecule has 0 heteroatoms. The van der Waals surface area contributed by atoms with Crippen LogP contribution in [0, 0.1) is 0 Å². The Bertz CT molecular complexity index is 351. The van der Waals surface area contributed by atoms with Gasteiger partial charge in [-0.2, -0.15) is 0 Å². The molecule has 15 heavy (non-hydrogen) atoms. The Kier molecular flexibility index (Phi) is 3.73. The molecule has 1 aliphatic rings. The van der Waals surface area contributed by atoms with Crippen LogP contribution in [0.2, 0.25) is 0 Å². The maximum absolute atomic E-state index is 2.32. The van der Waals surface area contributed by atoms with Crippen molar-refractivity contribution in [2.75, 3.05) is 0 Å². The fourth-order valence-corrected chi connectivity index (χ4v) is 1.72. The van der Waals surface area contributed by atoms with Gasteiger partial charge in [0.1, 0.15) is 0 Å². The van der Waals surface area contributed by atoms with E-state index in [0.717, 1.165) is 6.42 Å². The highest BCUT2D eigenvalue weighted by atomic mass is 14.2. The van der Waals surface area contributed by atoms with Gasteiger partial charge in [-0.1, -0.05) is 65.0 Å². The summed E-state index contributed by atoms with van der Waals surface area (Å²) in [6.07, 6.45) is 5.57. The molecule has 0 N–H and O–H groups in total. The molecule has 0 fully saturated rings. The van der Waals surface area contributed by atoms with Crippen LogP contribution in [-0.4, -0.2) is 0 Å². The topological polar surface area (TPSA) is 0 Å². The minimum Gasteiger partial charge on any atom is -0.0795 e. The van der Waals surface area contributed by atoms with E-state index in [1.165, 1.54) is 16.7 Å². The molecule has 1 aromatic carbocycles. The SMILES string of the molecule is CC.CC(C)(C)c1ccc2c(c1)C=CC2. The highest BCUT2D eigenvalue weighted by molar-refractivity contribution is 5.61. The third-order valence-corrected chi connectivity index (χ3v) is 2.65. The predicted octanol–water partition coefficient (Wildman–Crippen LogP) is 4.58. The van der Waals surface area contributed by atoms with Crippen LogP contribution in [0.1, 0.15) is 51.3 Å². The Morgan fingerprint density at radius 2 is 1.73 bits per heavy atom. The van der Waals surface area contributed by atoms with Gasteiger partial charge in [-0.15, -0.1) is 0 Å². The molecule has 82 valence electrons. The summed E-state index contributed by atoms with van der Waals surface area (Å²) in [5.41, 5.74) is 4.57. The smallest absolute Gasteiger partial charge is 0.00882 e. The summed E-state index contributed by atoms with van der Waals surface area (Å²) in [5, 5.41) is 0. The highest BCUT2D eigenvalue weighted by Crippen LogP contribution is 2.27. The molecule has 0 nitrogen and oxygen atoms in total. The minimum atomic E-state index is 0.269. The fraction of sp³-hybridized carbons (Fsp3) is 0.467. The summed E-state index contributed by atoms with van der Waals surface area (Å²) in [6.45, 7) is 10.8. The lowest BCUT2D eigenvalue weighted by Gasteiger charge is -2.19. The van der Waals surface area contributed by atoms with E-state index in [1.54, 1.807) is 0 Å². The first-order valence-electron chi connectivity index (χ1n) is 5.87. The molecular weight excluding hydrogens is 180 g/mol. The zero-order chi connectivity index (χ0) is 11.5. The van der Waals surface area contributed by atoms with Crippen LogP contribution < -0.4 is 0 Å². The predicted molar refractivity (Wildman–Crippen MR) is 69.2 cm³/mol. The van der Waals surface area contributed by atoms with Crippen LogP contribution in [0.5, 0.6) is 0 Å². The van der Waals surface area contributed by atoms with Crippen LogP contribution in [0.4, 0.5) is 0 Å². The molecule has 2 rings (SSSR count). The monoisotopic (exact) mass is 202 g/mol. The van der Waals surface area contributed by atoms with Gasteiger partial charge in [-0.05, 0) is 28.5 Å². The van der Waals surface area contributed by atoms with Gasteiger partial charge < -0.3 is 0 Å². The number of hydrogen-bond acceptors (Lipinski definition) is 0. The van der Waals surface area contributed by atoms with E-state index < -0.39 is 0 Å². The van der Waals surface area contributed by atoms with Crippen LogP contribution in [-0.2, 0) is 11.8 Å². The van der Waals surface area contributed by atoms with E-state index in [-0.39, 0.29) is 5.41 Å².